The summed E-state index contributed by atoms with van der Waals surface area (Å²) in [4.78, 5) is 18.0. The Morgan fingerprint density at radius 3 is 2.46 bits per heavy atom. The van der Waals surface area contributed by atoms with Gasteiger partial charge in [-0.25, -0.2) is 4.79 Å². The van der Waals surface area contributed by atoms with Crippen LogP contribution in [0.5, 0.6) is 5.75 Å². The Labute approximate surface area is 208 Å². The first kappa shape index (κ1) is 24.2. The van der Waals surface area contributed by atoms with Gasteiger partial charge in [0.1, 0.15) is 12.4 Å². The molecule has 0 unspecified atom stereocenters. The lowest BCUT2D eigenvalue weighted by Gasteiger charge is -2.14. The van der Waals surface area contributed by atoms with Crippen molar-refractivity contribution in [2.24, 2.45) is 7.05 Å². The lowest BCUT2D eigenvalue weighted by molar-refractivity contribution is -0.758. The van der Waals surface area contributed by atoms with E-state index >= 15 is 0 Å². The average molecular weight is 493 g/mol. The van der Waals surface area contributed by atoms with Gasteiger partial charge in [0.05, 0.1) is 5.69 Å². The summed E-state index contributed by atoms with van der Waals surface area (Å²) in [5.41, 5.74) is 6.10. The highest BCUT2D eigenvalue weighted by molar-refractivity contribution is 6.30. The summed E-state index contributed by atoms with van der Waals surface area (Å²) in [5.74, 6) is 0.754. The van der Waals surface area contributed by atoms with Gasteiger partial charge in [-0.3, -0.25) is 4.84 Å². The fourth-order valence-electron chi connectivity index (χ4n) is 3.60. The zero-order valence-electron chi connectivity index (χ0n) is 20.1. The van der Waals surface area contributed by atoms with Gasteiger partial charge in [-0.05, 0) is 82.5 Å². The van der Waals surface area contributed by atoms with Gasteiger partial charge in [0.25, 0.3) is 0 Å². The first-order valence-electron chi connectivity index (χ1n) is 11.1. The molecule has 180 valence electrons. The fraction of sp³-hybridized carbons (Fsp3) is 0.231. The number of benzene rings is 3. The van der Waals surface area contributed by atoms with Crippen LogP contribution in [0.1, 0.15) is 34.7 Å². The minimum atomic E-state index is -0.311. The first-order chi connectivity index (χ1) is 16.8. The van der Waals surface area contributed by atoms with Gasteiger partial charge in [0, 0.05) is 30.1 Å². The Hall–Kier alpha value is -3.91. The van der Waals surface area contributed by atoms with Crippen LogP contribution in [-0.4, -0.2) is 25.5 Å². The van der Waals surface area contributed by atoms with E-state index in [0.717, 1.165) is 39.3 Å². The maximum atomic E-state index is 12.4. The summed E-state index contributed by atoms with van der Waals surface area (Å²) in [5, 5.41) is 11.5. The first-order valence-corrected chi connectivity index (χ1v) is 11.5. The van der Waals surface area contributed by atoms with Crippen molar-refractivity contribution in [3.8, 4) is 11.4 Å². The highest BCUT2D eigenvalue weighted by atomic mass is 35.5. The van der Waals surface area contributed by atoms with Crippen molar-refractivity contribution in [1.82, 2.24) is 19.8 Å². The molecule has 0 radical (unpaired) electrons. The number of rotatable bonds is 8. The number of nitrogens with zero attached hydrogens (tertiary/aromatic N) is 4. The summed E-state index contributed by atoms with van der Waals surface area (Å²) < 4.78 is 8.64. The molecular weight excluding hydrogens is 466 g/mol. The molecule has 4 rings (SSSR count). The minimum absolute atomic E-state index is 0.288. The van der Waals surface area contributed by atoms with Crippen LogP contribution >= 0.6 is 11.6 Å². The zero-order valence-corrected chi connectivity index (χ0v) is 20.8. The van der Waals surface area contributed by atoms with Gasteiger partial charge in [-0.1, -0.05) is 35.9 Å². The lowest BCUT2D eigenvalue weighted by atomic mass is 10.1. The van der Waals surface area contributed by atoms with Crippen LogP contribution in [0.25, 0.3) is 5.69 Å². The Kier molecular flexibility index (Phi) is 7.31. The van der Waals surface area contributed by atoms with E-state index in [9.17, 15) is 4.79 Å². The molecule has 8 nitrogen and oxygen atoms in total. The second-order valence-corrected chi connectivity index (χ2v) is 8.72. The van der Waals surface area contributed by atoms with E-state index in [2.05, 4.69) is 15.6 Å². The Bertz CT molecular complexity index is 1420. The quantitative estimate of drug-likeness (QED) is 0.302. The molecule has 0 aliphatic carbocycles. The van der Waals surface area contributed by atoms with Crippen LogP contribution in [0.15, 0.2) is 65.5 Å². The predicted octanol–water partition coefficient (Wildman–Crippen LogP) is 2.84. The maximum Gasteiger partial charge on any atom is 0.368 e. The Morgan fingerprint density at radius 2 is 1.77 bits per heavy atom. The second kappa shape index (κ2) is 10.6. The van der Waals surface area contributed by atoms with E-state index in [1.807, 2.05) is 81.4 Å². The summed E-state index contributed by atoms with van der Waals surface area (Å²) in [6.07, 6.45) is 0. The van der Waals surface area contributed by atoms with E-state index in [0.29, 0.717) is 17.3 Å². The van der Waals surface area contributed by atoms with Crippen molar-refractivity contribution in [3.63, 3.8) is 0 Å². The molecule has 0 fully saturated rings. The van der Waals surface area contributed by atoms with Gasteiger partial charge >= 0.3 is 5.69 Å². The molecule has 1 heterocycles. The maximum absolute atomic E-state index is 12.4. The highest BCUT2D eigenvalue weighted by Crippen LogP contribution is 2.23. The van der Waals surface area contributed by atoms with Crippen LogP contribution < -0.4 is 15.6 Å². The fourth-order valence-corrected chi connectivity index (χ4v) is 3.73. The third-order valence-electron chi connectivity index (χ3n) is 5.69. The topological polar surface area (TPSA) is 85.1 Å². The molecule has 0 saturated carbocycles. The number of ether oxygens (including phenoxy) is 1. The van der Waals surface area contributed by atoms with Crippen LogP contribution in [0.2, 0.25) is 5.02 Å². The molecule has 1 N–H and O–H groups in total. The number of aromatic nitrogens is 4. The van der Waals surface area contributed by atoms with Gasteiger partial charge in [-0.15, -0.1) is 0 Å². The third-order valence-corrected chi connectivity index (χ3v) is 5.94. The molecule has 35 heavy (non-hydrogen) atoms. The number of hydrogen-bond donors (Lipinski definition) is 1. The SMILES string of the molecule is CC(=[NH+]OCc1ccc(Cl)cc1)c1ccc(OCc2c(C)cccc2-n2nnn(C)c2=O)c(C)c1. The average Bonchev–Trinajstić information content (AvgIpc) is 3.18. The molecule has 0 aliphatic rings. The molecule has 3 aromatic carbocycles. The summed E-state index contributed by atoms with van der Waals surface area (Å²) >= 11 is 5.92. The van der Waals surface area contributed by atoms with Crippen molar-refractivity contribution in [2.75, 3.05) is 0 Å². The monoisotopic (exact) mass is 492 g/mol. The number of aryl methyl sites for hydroxylation is 3. The van der Waals surface area contributed by atoms with Crippen molar-refractivity contribution in [2.45, 2.75) is 34.0 Å². The van der Waals surface area contributed by atoms with Gasteiger partial charge < -0.3 is 4.74 Å². The molecule has 0 aliphatic heterocycles. The van der Waals surface area contributed by atoms with Crippen molar-refractivity contribution >= 4 is 17.3 Å². The van der Waals surface area contributed by atoms with E-state index in [1.165, 1.54) is 9.36 Å². The molecule has 0 bridgehead atoms. The van der Waals surface area contributed by atoms with E-state index in [1.54, 1.807) is 7.05 Å². The van der Waals surface area contributed by atoms with E-state index < -0.39 is 0 Å². The summed E-state index contributed by atoms with van der Waals surface area (Å²) in [6, 6.07) is 19.2. The molecule has 4 aromatic rings. The summed E-state index contributed by atoms with van der Waals surface area (Å²) in [6.45, 7) is 6.63. The van der Waals surface area contributed by atoms with Crippen LogP contribution in [0.4, 0.5) is 0 Å². The van der Waals surface area contributed by atoms with Crippen molar-refractivity contribution in [3.05, 3.63) is 104 Å². The van der Waals surface area contributed by atoms with Crippen LogP contribution in [0.3, 0.4) is 0 Å². The third kappa shape index (κ3) is 5.60. The van der Waals surface area contributed by atoms with Crippen LogP contribution in [0, 0.1) is 13.8 Å². The van der Waals surface area contributed by atoms with Gasteiger partial charge in [-0.2, -0.15) is 9.36 Å². The van der Waals surface area contributed by atoms with E-state index in [4.69, 9.17) is 21.2 Å². The smallest absolute Gasteiger partial charge is 0.368 e. The van der Waals surface area contributed by atoms with Gasteiger partial charge in [0.15, 0.2) is 6.61 Å². The molecule has 9 heteroatoms. The summed E-state index contributed by atoms with van der Waals surface area (Å²) in [7, 11) is 1.57. The minimum Gasteiger partial charge on any atom is -0.489 e. The predicted molar refractivity (Wildman–Crippen MR) is 134 cm³/mol. The molecule has 0 amide bonds. The largest absolute Gasteiger partial charge is 0.489 e. The number of hydrogen-bond acceptors (Lipinski definition) is 5. The second-order valence-electron chi connectivity index (χ2n) is 8.28. The number of nitrogens with one attached hydrogen (secondary N) is 1. The highest BCUT2D eigenvalue weighted by Gasteiger charge is 2.15. The molecule has 0 atom stereocenters. The lowest BCUT2D eigenvalue weighted by Crippen LogP contribution is -2.71. The standard InChI is InChI=1S/C26H26ClN5O3/c1-17-6-5-7-24(32-26(33)31(4)29-30-32)23(17)16-34-25-13-10-21(14-18(25)2)19(3)28-35-15-20-8-11-22(27)12-9-20/h5-14H,15-16H2,1-4H3/p+1. The van der Waals surface area contributed by atoms with Crippen molar-refractivity contribution < 1.29 is 14.7 Å². The van der Waals surface area contributed by atoms with E-state index in [-0.39, 0.29) is 12.3 Å². The Balaban J connectivity index is 1.46. The zero-order chi connectivity index (χ0) is 24.9. The number of tetrazole rings is 1. The molecule has 0 spiro atoms. The molecule has 0 saturated heterocycles. The number of halogens is 1. The molecular formula is C26H27ClN5O3+. The Morgan fingerprint density at radius 1 is 1.00 bits per heavy atom. The van der Waals surface area contributed by atoms with Gasteiger partial charge in [0.2, 0.25) is 5.71 Å². The normalized spacial score (nSPS) is 11.5. The van der Waals surface area contributed by atoms with Crippen molar-refractivity contribution in [1.29, 1.82) is 0 Å². The molecule has 1 aromatic heterocycles. The van der Waals surface area contributed by atoms with Crippen LogP contribution in [-0.2, 0) is 25.1 Å².